The van der Waals surface area contributed by atoms with E-state index in [1.165, 1.54) is 0 Å². The highest BCUT2D eigenvalue weighted by Gasteiger charge is 2.73. The van der Waals surface area contributed by atoms with Gasteiger partial charge in [-0.05, 0) is 25.2 Å². The minimum Gasteiger partial charge on any atom is -0.481 e. The van der Waals surface area contributed by atoms with E-state index in [1.807, 2.05) is 0 Å². The Morgan fingerprint density at radius 3 is 1.84 bits per heavy atom. The Balaban J connectivity index is 2.13. The van der Waals surface area contributed by atoms with E-state index in [-0.39, 0.29) is 25.2 Å². The van der Waals surface area contributed by atoms with Gasteiger partial charge in [-0.25, -0.2) is 0 Å². The lowest BCUT2D eigenvalue weighted by molar-refractivity contribution is -0.593. The molecule has 4 bridgehead atoms. The standard InChI is InChI=1S/C12H15NO6/c14-8(15)10-1-7-2-11(4-10,9(16)17)6-12(3-7,5-10)13(18)19/h7H,1-6H2,(H,14,15)(H,16,17). The van der Waals surface area contributed by atoms with Gasteiger partial charge in [0.25, 0.3) is 0 Å². The second-order valence-corrected chi connectivity index (χ2v) is 6.66. The van der Waals surface area contributed by atoms with Crippen LogP contribution in [0.1, 0.15) is 38.5 Å². The second-order valence-electron chi connectivity index (χ2n) is 6.66. The van der Waals surface area contributed by atoms with Crippen LogP contribution in [0.5, 0.6) is 0 Å². The lowest BCUT2D eigenvalue weighted by atomic mass is 9.42. The fourth-order valence-electron chi connectivity index (χ4n) is 5.07. The van der Waals surface area contributed by atoms with Crippen molar-refractivity contribution in [1.82, 2.24) is 0 Å². The summed E-state index contributed by atoms with van der Waals surface area (Å²) in [7, 11) is 0. The molecule has 2 atom stereocenters. The van der Waals surface area contributed by atoms with Gasteiger partial charge in [0.2, 0.25) is 5.54 Å². The summed E-state index contributed by atoms with van der Waals surface area (Å²) in [5, 5.41) is 30.3. The van der Waals surface area contributed by atoms with Crippen molar-refractivity contribution in [3.05, 3.63) is 10.1 Å². The number of nitrogens with zero attached hydrogens (tertiary/aromatic N) is 1. The summed E-state index contributed by atoms with van der Waals surface area (Å²) in [6.07, 6.45) is 1.09. The molecule has 7 heteroatoms. The highest BCUT2D eigenvalue weighted by atomic mass is 16.6. The van der Waals surface area contributed by atoms with Crippen LogP contribution in [0.2, 0.25) is 0 Å². The Kier molecular flexibility index (Phi) is 2.12. The highest BCUT2D eigenvalue weighted by molar-refractivity contribution is 5.81. The maximum absolute atomic E-state index is 11.6. The third kappa shape index (κ3) is 1.38. The largest absolute Gasteiger partial charge is 0.481 e. The van der Waals surface area contributed by atoms with Crippen LogP contribution in [0, 0.1) is 26.9 Å². The molecule has 7 nitrogen and oxygen atoms in total. The van der Waals surface area contributed by atoms with Crippen molar-refractivity contribution in [3.63, 3.8) is 0 Å². The number of rotatable bonds is 3. The van der Waals surface area contributed by atoms with Crippen molar-refractivity contribution in [1.29, 1.82) is 0 Å². The van der Waals surface area contributed by atoms with Gasteiger partial charge in [-0.15, -0.1) is 0 Å². The Morgan fingerprint density at radius 1 is 1.00 bits per heavy atom. The molecule has 2 N–H and O–H groups in total. The van der Waals surface area contributed by atoms with Gasteiger partial charge in [0.15, 0.2) is 0 Å². The van der Waals surface area contributed by atoms with Gasteiger partial charge in [-0.3, -0.25) is 19.7 Å². The smallest absolute Gasteiger partial charge is 0.309 e. The summed E-state index contributed by atoms with van der Waals surface area (Å²) >= 11 is 0. The molecule has 0 saturated heterocycles. The molecule has 4 aliphatic rings. The number of hydrogen-bond acceptors (Lipinski definition) is 4. The Morgan fingerprint density at radius 2 is 1.47 bits per heavy atom. The summed E-state index contributed by atoms with van der Waals surface area (Å²) in [6.45, 7) is 0. The van der Waals surface area contributed by atoms with Crippen LogP contribution in [-0.4, -0.2) is 32.6 Å². The monoisotopic (exact) mass is 269 g/mol. The molecule has 0 spiro atoms. The molecule has 0 aromatic carbocycles. The Labute approximate surface area is 108 Å². The van der Waals surface area contributed by atoms with Crippen LogP contribution in [0.4, 0.5) is 0 Å². The highest BCUT2D eigenvalue weighted by Crippen LogP contribution is 2.67. The fraction of sp³-hybridized carbons (Fsp3) is 0.833. The number of carboxylic acids is 2. The van der Waals surface area contributed by atoms with Gasteiger partial charge < -0.3 is 10.2 Å². The van der Waals surface area contributed by atoms with Crippen LogP contribution < -0.4 is 0 Å². The second kappa shape index (κ2) is 3.26. The van der Waals surface area contributed by atoms with Crippen LogP contribution in [0.3, 0.4) is 0 Å². The SMILES string of the molecule is O=C(O)C12CC3CC(C(=O)O)(C1)CC([N+](=O)[O-])(C3)C2. The number of aliphatic carboxylic acids is 2. The first kappa shape index (κ1) is 12.4. The number of hydrogen-bond donors (Lipinski definition) is 2. The van der Waals surface area contributed by atoms with E-state index in [1.54, 1.807) is 0 Å². The maximum atomic E-state index is 11.6. The maximum Gasteiger partial charge on any atom is 0.309 e. The van der Waals surface area contributed by atoms with Crippen molar-refractivity contribution in [2.75, 3.05) is 0 Å². The van der Waals surface area contributed by atoms with Gasteiger partial charge in [0, 0.05) is 24.2 Å². The molecular weight excluding hydrogens is 254 g/mol. The minimum absolute atomic E-state index is 0.0200. The molecule has 4 fully saturated rings. The molecular formula is C12H15NO6. The number of nitro groups is 1. The molecule has 0 aromatic rings. The normalized spacial score (nSPS) is 47.1. The van der Waals surface area contributed by atoms with Crippen LogP contribution in [0.15, 0.2) is 0 Å². The fourth-order valence-corrected chi connectivity index (χ4v) is 5.07. The van der Waals surface area contributed by atoms with Crippen LogP contribution in [-0.2, 0) is 9.59 Å². The van der Waals surface area contributed by atoms with Crippen molar-refractivity contribution >= 4 is 11.9 Å². The third-order valence-electron chi connectivity index (χ3n) is 5.33. The van der Waals surface area contributed by atoms with Crippen LogP contribution in [0.25, 0.3) is 0 Å². The van der Waals surface area contributed by atoms with Crippen molar-refractivity contribution in [2.45, 2.75) is 44.1 Å². The molecule has 4 saturated carbocycles. The van der Waals surface area contributed by atoms with Crippen molar-refractivity contribution in [2.24, 2.45) is 16.7 Å². The summed E-state index contributed by atoms with van der Waals surface area (Å²) in [6, 6.07) is 0. The lowest BCUT2D eigenvalue weighted by Crippen LogP contribution is -2.66. The average Bonchev–Trinajstić information content (AvgIpc) is 2.26. The molecule has 4 aliphatic carbocycles. The molecule has 0 heterocycles. The summed E-state index contributed by atoms with van der Waals surface area (Å²) in [5.41, 5.74) is -3.79. The Bertz CT molecular complexity index is 421. The van der Waals surface area contributed by atoms with E-state index in [0.29, 0.717) is 19.3 Å². The zero-order chi connectivity index (χ0) is 14.1. The van der Waals surface area contributed by atoms with E-state index in [4.69, 9.17) is 0 Å². The molecule has 0 aromatic heterocycles. The summed E-state index contributed by atoms with van der Waals surface area (Å²) in [4.78, 5) is 34.1. The Hall–Kier alpha value is -1.66. The zero-order valence-corrected chi connectivity index (χ0v) is 10.3. The third-order valence-corrected chi connectivity index (χ3v) is 5.33. The summed E-state index contributed by atoms with van der Waals surface area (Å²) in [5.74, 6) is -2.31. The zero-order valence-electron chi connectivity index (χ0n) is 10.3. The molecule has 4 rings (SSSR count). The molecule has 104 valence electrons. The first-order chi connectivity index (χ1) is 8.74. The first-order valence-electron chi connectivity index (χ1n) is 6.35. The van der Waals surface area contributed by atoms with E-state index in [2.05, 4.69) is 0 Å². The van der Waals surface area contributed by atoms with Gasteiger partial charge >= 0.3 is 11.9 Å². The van der Waals surface area contributed by atoms with Gasteiger partial charge in [-0.1, -0.05) is 0 Å². The molecule has 0 aliphatic heterocycles. The predicted molar refractivity (Wildman–Crippen MR) is 61.1 cm³/mol. The van der Waals surface area contributed by atoms with E-state index in [0.717, 1.165) is 0 Å². The molecule has 0 radical (unpaired) electrons. The average molecular weight is 269 g/mol. The van der Waals surface area contributed by atoms with Gasteiger partial charge in [-0.2, -0.15) is 0 Å². The molecule has 0 amide bonds. The first-order valence-corrected chi connectivity index (χ1v) is 6.35. The minimum atomic E-state index is -1.35. The van der Waals surface area contributed by atoms with E-state index < -0.39 is 33.2 Å². The molecule has 2 unspecified atom stereocenters. The predicted octanol–water partition coefficient (Wildman–Crippen LogP) is 1.14. The quantitative estimate of drug-likeness (QED) is 0.586. The molecule has 19 heavy (non-hydrogen) atoms. The number of carboxylic acid groups (broad SMARTS) is 2. The van der Waals surface area contributed by atoms with E-state index >= 15 is 0 Å². The van der Waals surface area contributed by atoms with E-state index in [9.17, 15) is 29.9 Å². The van der Waals surface area contributed by atoms with Crippen LogP contribution >= 0.6 is 0 Å². The van der Waals surface area contributed by atoms with Crippen molar-refractivity contribution < 1.29 is 24.7 Å². The lowest BCUT2D eigenvalue weighted by Gasteiger charge is -2.59. The van der Waals surface area contributed by atoms with Crippen molar-refractivity contribution in [3.8, 4) is 0 Å². The number of carbonyl (C=O) groups is 2. The van der Waals surface area contributed by atoms with Gasteiger partial charge in [0.05, 0.1) is 10.8 Å². The summed E-state index contributed by atoms with van der Waals surface area (Å²) < 4.78 is 0. The van der Waals surface area contributed by atoms with Gasteiger partial charge in [0.1, 0.15) is 0 Å². The topological polar surface area (TPSA) is 118 Å².